The Bertz CT molecular complexity index is 1160. The molecule has 3 rings (SSSR count). The van der Waals surface area contributed by atoms with Gasteiger partial charge in [-0.05, 0) is 42.0 Å². The highest BCUT2D eigenvalue weighted by atomic mass is 32.2. The van der Waals surface area contributed by atoms with E-state index in [-0.39, 0.29) is 30.3 Å². The number of nitrogens with one attached hydrogen (secondary N) is 3. The number of benzene rings is 1. The maximum absolute atomic E-state index is 12.0. The van der Waals surface area contributed by atoms with Crippen LogP contribution in [0, 0.1) is 0 Å². The second-order valence-electron chi connectivity index (χ2n) is 8.41. The van der Waals surface area contributed by atoms with Crippen molar-refractivity contribution in [3.05, 3.63) is 60.0 Å². The molecular formula is C26H34N6O4S. The number of anilines is 2. The molecule has 0 radical (unpaired) electrons. The first-order valence-electron chi connectivity index (χ1n) is 11.9. The summed E-state index contributed by atoms with van der Waals surface area (Å²) in [4.78, 5) is 25.1. The van der Waals surface area contributed by atoms with E-state index < -0.39 is 6.04 Å². The van der Waals surface area contributed by atoms with Crippen molar-refractivity contribution in [1.29, 1.82) is 0 Å². The number of methoxy groups -OCH3 is 1. The van der Waals surface area contributed by atoms with Crippen molar-refractivity contribution < 1.29 is 19.7 Å². The Balaban J connectivity index is 1.69. The molecule has 5 N–H and O–H groups in total. The van der Waals surface area contributed by atoms with Crippen LogP contribution >= 0.6 is 11.8 Å². The molecule has 11 heteroatoms. The van der Waals surface area contributed by atoms with Gasteiger partial charge < -0.3 is 30.9 Å². The fourth-order valence-corrected chi connectivity index (χ4v) is 4.65. The lowest BCUT2D eigenvalue weighted by Gasteiger charge is -2.25. The molecule has 0 saturated carbocycles. The summed E-state index contributed by atoms with van der Waals surface area (Å²) >= 11 is 1.74. The molecule has 1 unspecified atom stereocenters. The number of nitrogens with zero attached hydrogens (tertiary/aromatic N) is 3. The van der Waals surface area contributed by atoms with Crippen LogP contribution in [0.5, 0.6) is 5.75 Å². The zero-order chi connectivity index (χ0) is 26.8. The summed E-state index contributed by atoms with van der Waals surface area (Å²) in [5.74, 6) is 1.93. The van der Waals surface area contributed by atoms with E-state index in [2.05, 4.69) is 44.1 Å². The molecule has 0 bridgehead atoms. The number of amides is 1. The highest BCUT2D eigenvalue weighted by Crippen LogP contribution is 2.34. The van der Waals surface area contributed by atoms with Gasteiger partial charge in [0.1, 0.15) is 23.7 Å². The lowest BCUT2D eigenvalue weighted by molar-refractivity contribution is 0.0962. The number of aliphatic hydroxyl groups is 2. The Labute approximate surface area is 221 Å². The normalized spacial score (nSPS) is 12.6. The SMILES string of the molecule is CNC(=O)c1ccc([C@H](C)C(CNc2cc(-c3ccc(NC(CO)CO)nc3)ncn2)SC)c(OC)c1. The number of rotatable bonds is 13. The van der Waals surface area contributed by atoms with E-state index in [1.54, 1.807) is 44.2 Å². The molecule has 0 aliphatic rings. The van der Waals surface area contributed by atoms with Crippen LogP contribution in [0.1, 0.15) is 28.8 Å². The third-order valence-electron chi connectivity index (χ3n) is 6.08. The molecule has 0 aliphatic heterocycles. The Morgan fingerprint density at radius 1 is 1.08 bits per heavy atom. The van der Waals surface area contributed by atoms with Gasteiger partial charge in [0.15, 0.2) is 0 Å². The Morgan fingerprint density at radius 3 is 2.49 bits per heavy atom. The number of hydrogen-bond donors (Lipinski definition) is 5. The number of ether oxygens (including phenoxy) is 1. The van der Waals surface area contributed by atoms with Crippen LogP contribution in [0.25, 0.3) is 11.3 Å². The van der Waals surface area contributed by atoms with Crippen LogP contribution in [0.15, 0.2) is 48.9 Å². The third-order valence-corrected chi connectivity index (χ3v) is 7.26. The first-order chi connectivity index (χ1) is 17.9. The molecule has 0 spiro atoms. The number of aliphatic hydroxyl groups excluding tert-OH is 2. The molecule has 3 aromatic rings. The molecule has 1 amide bonds. The Morgan fingerprint density at radius 2 is 1.86 bits per heavy atom. The molecule has 0 fully saturated rings. The number of hydrogen-bond acceptors (Lipinski definition) is 10. The molecule has 198 valence electrons. The lowest BCUT2D eigenvalue weighted by Crippen LogP contribution is -2.28. The molecule has 2 heterocycles. The predicted molar refractivity (Wildman–Crippen MR) is 147 cm³/mol. The van der Waals surface area contributed by atoms with E-state index in [1.807, 2.05) is 24.3 Å². The van der Waals surface area contributed by atoms with Crippen molar-refractivity contribution in [1.82, 2.24) is 20.3 Å². The lowest BCUT2D eigenvalue weighted by atomic mass is 9.95. The quantitative estimate of drug-likeness (QED) is 0.226. The maximum atomic E-state index is 12.0. The highest BCUT2D eigenvalue weighted by molar-refractivity contribution is 7.99. The molecule has 0 aliphatic carbocycles. The summed E-state index contributed by atoms with van der Waals surface area (Å²) in [6.45, 7) is 2.42. The zero-order valence-electron chi connectivity index (χ0n) is 21.4. The molecule has 0 saturated heterocycles. The number of aromatic nitrogens is 3. The van der Waals surface area contributed by atoms with Crippen LogP contribution in [0.2, 0.25) is 0 Å². The summed E-state index contributed by atoms with van der Waals surface area (Å²) in [5, 5.41) is 27.7. The van der Waals surface area contributed by atoms with Crippen molar-refractivity contribution in [3.8, 4) is 17.0 Å². The van der Waals surface area contributed by atoms with E-state index in [9.17, 15) is 15.0 Å². The van der Waals surface area contributed by atoms with Crippen molar-refractivity contribution >= 4 is 29.3 Å². The summed E-state index contributed by atoms with van der Waals surface area (Å²) in [6.07, 6.45) is 5.26. The van der Waals surface area contributed by atoms with E-state index >= 15 is 0 Å². The second kappa shape index (κ2) is 13.8. The summed E-state index contributed by atoms with van der Waals surface area (Å²) in [5.41, 5.74) is 3.13. The minimum absolute atomic E-state index is 0.142. The van der Waals surface area contributed by atoms with Crippen molar-refractivity contribution in [2.75, 3.05) is 50.8 Å². The summed E-state index contributed by atoms with van der Waals surface area (Å²) < 4.78 is 5.60. The van der Waals surface area contributed by atoms with Crippen LogP contribution in [0.3, 0.4) is 0 Å². The summed E-state index contributed by atoms with van der Waals surface area (Å²) in [7, 11) is 3.22. The summed E-state index contributed by atoms with van der Waals surface area (Å²) in [6, 6.07) is 10.6. The van der Waals surface area contributed by atoms with E-state index in [4.69, 9.17) is 4.74 Å². The van der Waals surface area contributed by atoms with Crippen molar-refractivity contribution in [3.63, 3.8) is 0 Å². The smallest absolute Gasteiger partial charge is 0.251 e. The average molecular weight is 527 g/mol. The van der Waals surface area contributed by atoms with Gasteiger partial charge in [-0.25, -0.2) is 15.0 Å². The van der Waals surface area contributed by atoms with Crippen molar-refractivity contribution in [2.24, 2.45) is 0 Å². The van der Waals surface area contributed by atoms with E-state index in [0.29, 0.717) is 29.5 Å². The van der Waals surface area contributed by atoms with Crippen LogP contribution < -0.4 is 20.7 Å². The molecular weight excluding hydrogens is 492 g/mol. The van der Waals surface area contributed by atoms with Gasteiger partial charge >= 0.3 is 0 Å². The van der Waals surface area contributed by atoms with E-state index in [1.165, 1.54) is 6.33 Å². The topological polar surface area (TPSA) is 142 Å². The number of thioether (sulfide) groups is 1. The Kier molecular flexibility index (Phi) is 10.5. The average Bonchev–Trinajstić information content (AvgIpc) is 2.95. The van der Waals surface area contributed by atoms with Gasteiger partial charge in [-0.15, -0.1) is 0 Å². The molecule has 2 atom stereocenters. The largest absolute Gasteiger partial charge is 0.496 e. The van der Waals surface area contributed by atoms with Crippen LogP contribution in [-0.4, -0.2) is 82.5 Å². The molecule has 2 aromatic heterocycles. The van der Waals surface area contributed by atoms with Gasteiger partial charge in [0.25, 0.3) is 5.91 Å². The van der Waals surface area contributed by atoms with E-state index in [0.717, 1.165) is 16.8 Å². The highest BCUT2D eigenvalue weighted by Gasteiger charge is 2.22. The fraction of sp³-hybridized carbons (Fsp3) is 0.385. The predicted octanol–water partition coefficient (Wildman–Crippen LogP) is 2.62. The van der Waals surface area contributed by atoms with Crippen molar-refractivity contribution in [2.45, 2.75) is 24.1 Å². The first kappa shape index (κ1) is 28.2. The second-order valence-corrected chi connectivity index (χ2v) is 9.48. The first-order valence-corrected chi connectivity index (χ1v) is 13.2. The van der Waals surface area contributed by atoms with Gasteiger partial charge in [0, 0.05) is 42.2 Å². The van der Waals surface area contributed by atoms with Gasteiger partial charge in [-0.1, -0.05) is 13.0 Å². The van der Waals surface area contributed by atoms with Gasteiger partial charge in [0.05, 0.1) is 32.1 Å². The minimum atomic E-state index is -0.464. The molecule has 10 nitrogen and oxygen atoms in total. The van der Waals surface area contributed by atoms with Gasteiger partial charge in [-0.3, -0.25) is 4.79 Å². The van der Waals surface area contributed by atoms with Gasteiger partial charge in [0.2, 0.25) is 0 Å². The zero-order valence-corrected chi connectivity index (χ0v) is 22.2. The monoisotopic (exact) mass is 526 g/mol. The molecule has 1 aromatic carbocycles. The standard InChI is InChI=1S/C26H34N6O4S/c1-16(20-7-5-17(26(35)27-2)9-22(20)36-3)23(37-4)12-29-25-10-21(30-15-31-25)18-6-8-24(28-11-18)32-19(13-33)14-34/h5-11,15-16,19,23,33-34H,12-14H2,1-4H3,(H,27,35)(H,28,32)(H,29,30,31)/t16-,23?/m0/s1. The Hall–Kier alpha value is -3.41. The fourth-order valence-electron chi connectivity index (χ4n) is 3.84. The van der Waals surface area contributed by atoms with Crippen LogP contribution in [-0.2, 0) is 0 Å². The number of carbonyl (C=O) groups is 1. The minimum Gasteiger partial charge on any atom is -0.496 e. The maximum Gasteiger partial charge on any atom is 0.251 e. The van der Waals surface area contributed by atoms with Gasteiger partial charge in [-0.2, -0.15) is 11.8 Å². The number of pyridine rings is 1. The molecule has 37 heavy (non-hydrogen) atoms. The number of carbonyl (C=O) groups excluding carboxylic acids is 1. The van der Waals surface area contributed by atoms with Crippen LogP contribution in [0.4, 0.5) is 11.6 Å². The third kappa shape index (κ3) is 7.31.